The third-order valence-corrected chi connectivity index (χ3v) is 6.88. The van der Waals surface area contributed by atoms with Gasteiger partial charge < -0.3 is 20.3 Å². The Balaban J connectivity index is 2.46. The average molecular weight is 556 g/mol. The zero-order chi connectivity index (χ0) is 28.8. The maximum Gasteiger partial charge on any atom is 0.408 e. The number of ether oxygens (including phenoxy) is 1. The van der Waals surface area contributed by atoms with Gasteiger partial charge in [-0.3, -0.25) is 9.59 Å². The molecule has 0 saturated heterocycles. The number of aryl methyl sites for hydroxylation is 1. The minimum absolute atomic E-state index is 0.251. The first kappa shape index (κ1) is 32.2. The van der Waals surface area contributed by atoms with Crippen molar-refractivity contribution in [1.29, 1.82) is 0 Å². The van der Waals surface area contributed by atoms with Gasteiger partial charge in [0.2, 0.25) is 11.8 Å². The van der Waals surface area contributed by atoms with E-state index in [0.717, 1.165) is 36.0 Å². The summed E-state index contributed by atoms with van der Waals surface area (Å²) >= 11 is 1.60. The number of hydrogen-bond donors (Lipinski definition) is 2. The van der Waals surface area contributed by atoms with Gasteiger partial charge in [-0.15, -0.1) is 0 Å². The number of unbranched alkanes of at least 4 members (excludes halogenated alkanes) is 2. The van der Waals surface area contributed by atoms with Crippen molar-refractivity contribution in [3.8, 4) is 0 Å². The Hall–Kier alpha value is -3.00. The third-order valence-electron chi connectivity index (χ3n) is 6.24. The van der Waals surface area contributed by atoms with Crippen molar-refractivity contribution in [1.82, 2.24) is 15.5 Å². The van der Waals surface area contributed by atoms with Gasteiger partial charge in [0, 0.05) is 13.1 Å². The van der Waals surface area contributed by atoms with Crippen molar-refractivity contribution < 1.29 is 19.1 Å². The summed E-state index contributed by atoms with van der Waals surface area (Å²) in [5.74, 6) is 0.137. The van der Waals surface area contributed by atoms with Crippen molar-refractivity contribution in [2.45, 2.75) is 84.5 Å². The number of carbonyl (C=O) groups excluding carboxylic acids is 3. The Kier molecular flexibility index (Phi) is 13.4. The number of nitrogens with zero attached hydrogens (tertiary/aromatic N) is 1. The monoisotopic (exact) mass is 555 g/mol. The third kappa shape index (κ3) is 10.9. The molecule has 0 spiro atoms. The van der Waals surface area contributed by atoms with Gasteiger partial charge in [-0.05, 0) is 69.2 Å². The molecule has 0 aliphatic heterocycles. The Morgan fingerprint density at radius 1 is 1.00 bits per heavy atom. The first-order valence-corrected chi connectivity index (χ1v) is 15.1. The van der Waals surface area contributed by atoms with E-state index in [4.69, 9.17) is 4.74 Å². The van der Waals surface area contributed by atoms with Crippen molar-refractivity contribution in [2.24, 2.45) is 0 Å². The molecule has 0 bridgehead atoms. The normalized spacial score (nSPS) is 12.8. The number of alkyl carbamates (subject to hydrolysis) is 1. The lowest BCUT2D eigenvalue weighted by Gasteiger charge is -2.35. The van der Waals surface area contributed by atoms with E-state index in [1.54, 1.807) is 37.4 Å². The molecule has 0 radical (unpaired) electrons. The van der Waals surface area contributed by atoms with E-state index in [9.17, 15) is 14.4 Å². The highest BCUT2D eigenvalue weighted by Gasteiger charge is 2.36. The van der Waals surface area contributed by atoms with Gasteiger partial charge >= 0.3 is 6.09 Å². The fourth-order valence-electron chi connectivity index (χ4n) is 4.27. The highest BCUT2D eigenvalue weighted by Crippen LogP contribution is 2.27. The van der Waals surface area contributed by atoms with E-state index in [2.05, 4.69) is 17.6 Å². The van der Waals surface area contributed by atoms with E-state index in [-0.39, 0.29) is 11.8 Å². The van der Waals surface area contributed by atoms with E-state index in [0.29, 0.717) is 25.3 Å². The van der Waals surface area contributed by atoms with E-state index < -0.39 is 23.8 Å². The summed E-state index contributed by atoms with van der Waals surface area (Å²) in [6.07, 6.45) is 4.39. The van der Waals surface area contributed by atoms with Crippen molar-refractivity contribution in [3.63, 3.8) is 0 Å². The summed E-state index contributed by atoms with van der Waals surface area (Å²) < 4.78 is 5.47. The molecule has 2 aromatic rings. The minimum Gasteiger partial charge on any atom is -0.444 e. The van der Waals surface area contributed by atoms with Gasteiger partial charge in [-0.25, -0.2) is 4.79 Å². The number of rotatable bonds is 14. The molecule has 2 unspecified atom stereocenters. The molecule has 2 atom stereocenters. The molecule has 0 aliphatic rings. The second-order valence-corrected chi connectivity index (χ2v) is 11.7. The van der Waals surface area contributed by atoms with Gasteiger partial charge in [0.05, 0.1) is 0 Å². The smallest absolute Gasteiger partial charge is 0.408 e. The van der Waals surface area contributed by atoms with Crippen LogP contribution >= 0.6 is 11.8 Å². The maximum atomic E-state index is 14.2. The number of amides is 3. The SMILES string of the molecule is CCCCCN(C(=O)C(CCSC)NC(=O)OC(C)(C)C)C(C(=O)NCc1ccccc1)c1ccccc1C. The van der Waals surface area contributed by atoms with Crippen LogP contribution in [0.3, 0.4) is 0 Å². The Labute approximate surface area is 238 Å². The Morgan fingerprint density at radius 2 is 1.67 bits per heavy atom. The molecule has 0 aromatic heterocycles. The Morgan fingerprint density at radius 3 is 2.28 bits per heavy atom. The molecule has 0 saturated carbocycles. The Bertz CT molecular complexity index is 1060. The lowest BCUT2D eigenvalue weighted by Crippen LogP contribution is -2.53. The lowest BCUT2D eigenvalue weighted by atomic mass is 9.97. The summed E-state index contributed by atoms with van der Waals surface area (Å²) in [6.45, 7) is 10.2. The van der Waals surface area contributed by atoms with Crippen LogP contribution in [0.5, 0.6) is 0 Å². The zero-order valence-electron chi connectivity index (χ0n) is 24.3. The molecule has 0 fully saturated rings. The number of benzene rings is 2. The van der Waals surface area contributed by atoms with Crippen LogP contribution in [0.1, 0.15) is 76.1 Å². The van der Waals surface area contributed by atoms with Crippen LogP contribution < -0.4 is 10.6 Å². The summed E-state index contributed by atoms with van der Waals surface area (Å²) in [5, 5.41) is 5.85. The molecule has 214 valence electrons. The first-order chi connectivity index (χ1) is 18.6. The van der Waals surface area contributed by atoms with E-state index >= 15 is 0 Å². The largest absolute Gasteiger partial charge is 0.444 e. The van der Waals surface area contributed by atoms with Crippen LogP contribution in [0.25, 0.3) is 0 Å². The fourth-order valence-corrected chi connectivity index (χ4v) is 4.74. The van der Waals surface area contributed by atoms with Crippen LogP contribution in [0, 0.1) is 6.92 Å². The highest BCUT2D eigenvalue weighted by atomic mass is 32.2. The van der Waals surface area contributed by atoms with E-state index in [1.807, 2.05) is 67.8 Å². The second-order valence-electron chi connectivity index (χ2n) is 10.7. The first-order valence-electron chi connectivity index (χ1n) is 13.7. The maximum absolute atomic E-state index is 14.2. The van der Waals surface area contributed by atoms with Crippen molar-refractivity contribution >= 4 is 29.7 Å². The molecular formula is C31H45N3O4S. The number of thioether (sulfide) groups is 1. The quantitative estimate of drug-likeness (QED) is 0.279. The summed E-state index contributed by atoms with van der Waals surface area (Å²) in [6, 6.07) is 15.7. The summed E-state index contributed by atoms with van der Waals surface area (Å²) in [7, 11) is 0. The topological polar surface area (TPSA) is 87.7 Å². The molecule has 2 N–H and O–H groups in total. The molecule has 7 nitrogen and oxygen atoms in total. The average Bonchev–Trinajstić information content (AvgIpc) is 2.89. The molecule has 39 heavy (non-hydrogen) atoms. The van der Waals surface area contributed by atoms with Crippen LogP contribution in [-0.4, -0.2) is 53.0 Å². The predicted octanol–water partition coefficient (Wildman–Crippen LogP) is 6.02. The highest BCUT2D eigenvalue weighted by molar-refractivity contribution is 7.98. The number of nitrogens with one attached hydrogen (secondary N) is 2. The van der Waals surface area contributed by atoms with Crippen LogP contribution in [0.2, 0.25) is 0 Å². The van der Waals surface area contributed by atoms with Crippen molar-refractivity contribution in [2.75, 3.05) is 18.6 Å². The molecule has 0 heterocycles. The van der Waals surface area contributed by atoms with Gasteiger partial charge in [0.25, 0.3) is 0 Å². The summed E-state index contributed by atoms with van der Waals surface area (Å²) in [4.78, 5) is 42.5. The van der Waals surface area contributed by atoms with Crippen LogP contribution in [0.15, 0.2) is 54.6 Å². The second kappa shape index (κ2) is 16.2. The predicted molar refractivity (Wildman–Crippen MR) is 160 cm³/mol. The van der Waals surface area contributed by atoms with E-state index in [1.165, 1.54) is 0 Å². The number of carbonyl (C=O) groups is 3. The van der Waals surface area contributed by atoms with Gasteiger partial charge in [-0.2, -0.15) is 11.8 Å². The van der Waals surface area contributed by atoms with Crippen molar-refractivity contribution in [3.05, 3.63) is 71.3 Å². The van der Waals surface area contributed by atoms with Crippen LogP contribution in [-0.2, 0) is 20.9 Å². The fraction of sp³-hybridized carbons (Fsp3) is 0.516. The van der Waals surface area contributed by atoms with Gasteiger partial charge in [0.1, 0.15) is 17.7 Å². The minimum atomic E-state index is -0.837. The molecule has 0 aliphatic carbocycles. The molecular weight excluding hydrogens is 510 g/mol. The molecule has 2 aromatic carbocycles. The summed E-state index contributed by atoms with van der Waals surface area (Å²) in [5.41, 5.74) is 1.97. The molecule has 3 amide bonds. The molecule has 8 heteroatoms. The number of hydrogen-bond acceptors (Lipinski definition) is 5. The standard InChI is InChI=1S/C31H45N3O4S/c1-7-8-14-20-34(29(36)26(19-21-39-6)33-30(37)38-31(3,4)5)27(25-18-13-12-15-23(25)2)28(35)32-22-24-16-10-9-11-17-24/h9-13,15-18,26-27H,7-8,14,19-22H2,1-6H3,(H,32,35)(H,33,37). The zero-order valence-corrected chi connectivity index (χ0v) is 25.1. The van der Waals surface area contributed by atoms with Gasteiger partial charge in [-0.1, -0.05) is 74.4 Å². The van der Waals surface area contributed by atoms with Crippen LogP contribution in [0.4, 0.5) is 4.79 Å². The lowest BCUT2D eigenvalue weighted by molar-refractivity contribution is -0.142. The van der Waals surface area contributed by atoms with Gasteiger partial charge in [0.15, 0.2) is 0 Å². The molecule has 2 rings (SSSR count).